The Morgan fingerprint density at radius 3 is 2.77 bits per heavy atom. The van der Waals surface area contributed by atoms with E-state index in [1.54, 1.807) is 37.3 Å². The van der Waals surface area contributed by atoms with Gasteiger partial charge in [0.05, 0.1) is 11.1 Å². The number of phenols is 1. The van der Waals surface area contributed by atoms with Gasteiger partial charge < -0.3 is 19.8 Å². The van der Waals surface area contributed by atoms with Crippen molar-refractivity contribution in [2.24, 2.45) is 0 Å². The van der Waals surface area contributed by atoms with Gasteiger partial charge in [-0.15, -0.1) is 6.42 Å². The summed E-state index contributed by atoms with van der Waals surface area (Å²) in [5.41, 5.74) is -0.0178. The standard InChI is InChI=1S/C34H34F2N4O3/c1-3-21-7-4-8-22-15-24(41)16-27(28(21)22)25-9-10-26-30(29(25)36)37-32(38-31(26)39-13-5-11-33(2,42)19-39)43-20-34-12-6-14-40(34)18-23(35)17-34/h1,4,7-10,15-16,23,41-42H,5-6,11-14,17-20H2,2H3/t23-,33-,34+/m1/s1. The number of β-amino-alcohol motifs (C(OH)–C–C–N with tert-alkyl or cyclic N) is 1. The normalized spacial score (nSPS) is 25.7. The largest absolute Gasteiger partial charge is 0.508 e. The molecule has 0 amide bonds. The van der Waals surface area contributed by atoms with Crippen LogP contribution >= 0.6 is 0 Å². The summed E-state index contributed by atoms with van der Waals surface area (Å²) in [5.74, 6) is 2.55. The fourth-order valence-corrected chi connectivity index (χ4v) is 7.43. The van der Waals surface area contributed by atoms with Crippen LogP contribution < -0.4 is 9.64 Å². The molecular weight excluding hydrogens is 550 g/mol. The zero-order valence-corrected chi connectivity index (χ0v) is 24.1. The Kier molecular flexibility index (Phi) is 6.67. The molecule has 0 unspecified atom stereocenters. The topological polar surface area (TPSA) is 82.0 Å². The van der Waals surface area contributed by atoms with Crippen LogP contribution in [-0.2, 0) is 0 Å². The van der Waals surface area contributed by atoms with E-state index in [-0.39, 0.29) is 29.4 Å². The molecule has 2 N–H and O–H groups in total. The highest BCUT2D eigenvalue weighted by Gasteiger charge is 2.49. The molecule has 3 aliphatic heterocycles. The fraction of sp³-hybridized carbons (Fsp3) is 0.412. The zero-order chi connectivity index (χ0) is 29.9. The molecule has 3 aliphatic rings. The molecule has 7 rings (SSSR count). The van der Waals surface area contributed by atoms with Crippen LogP contribution in [0.1, 0.15) is 44.6 Å². The van der Waals surface area contributed by atoms with E-state index < -0.39 is 23.1 Å². The quantitative estimate of drug-likeness (QED) is 0.297. The number of aromatic nitrogens is 2. The van der Waals surface area contributed by atoms with Crippen LogP contribution in [0.25, 0.3) is 32.8 Å². The molecule has 3 atom stereocenters. The number of halogens is 2. The van der Waals surface area contributed by atoms with E-state index in [2.05, 4.69) is 15.8 Å². The average Bonchev–Trinajstić information content (AvgIpc) is 3.50. The Labute approximate surface area is 249 Å². The summed E-state index contributed by atoms with van der Waals surface area (Å²) in [5, 5.41) is 23.2. The minimum atomic E-state index is -0.926. The first-order valence-electron chi connectivity index (χ1n) is 14.9. The number of hydrogen-bond donors (Lipinski definition) is 2. The van der Waals surface area contributed by atoms with Crippen molar-refractivity contribution in [1.29, 1.82) is 0 Å². The predicted octanol–water partition coefficient (Wildman–Crippen LogP) is 5.58. The molecule has 3 saturated heterocycles. The third-order valence-electron chi connectivity index (χ3n) is 9.38. The molecule has 0 aliphatic carbocycles. The summed E-state index contributed by atoms with van der Waals surface area (Å²) >= 11 is 0. The van der Waals surface area contributed by atoms with E-state index in [9.17, 15) is 14.6 Å². The maximum atomic E-state index is 16.7. The van der Waals surface area contributed by atoms with Gasteiger partial charge in [0.2, 0.25) is 0 Å². The minimum absolute atomic E-state index is 0.0115. The summed E-state index contributed by atoms with van der Waals surface area (Å²) in [4.78, 5) is 13.4. The molecule has 9 heteroatoms. The van der Waals surface area contributed by atoms with Crippen molar-refractivity contribution >= 4 is 27.5 Å². The first-order chi connectivity index (χ1) is 20.7. The fourth-order valence-electron chi connectivity index (χ4n) is 7.43. The van der Waals surface area contributed by atoms with E-state index in [1.165, 1.54) is 6.07 Å². The first-order valence-corrected chi connectivity index (χ1v) is 14.9. The van der Waals surface area contributed by atoms with E-state index in [4.69, 9.17) is 16.1 Å². The maximum Gasteiger partial charge on any atom is 0.319 e. The summed E-state index contributed by atoms with van der Waals surface area (Å²) in [7, 11) is 0. The summed E-state index contributed by atoms with van der Waals surface area (Å²) in [6, 6.07) is 12.0. The SMILES string of the molecule is C#Cc1cccc2cc(O)cc(-c3ccc4c(N5CCC[C@@](C)(O)C5)nc(OC[C@@]56CCCN5C[C@H](F)C6)nc4c3F)c12. The van der Waals surface area contributed by atoms with Crippen LogP contribution in [0.3, 0.4) is 0 Å². The van der Waals surface area contributed by atoms with E-state index in [0.717, 1.165) is 25.8 Å². The number of fused-ring (bicyclic) bond motifs is 3. The number of aliphatic hydroxyl groups is 1. The number of phenolic OH excluding ortho intramolecular Hbond substituents is 1. The lowest BCUT2D eigenvalue weighted by Gasteiger charge is -2.38. The van der Waals surface area contributed by atoms with Crippen molar-refractivity contribution in [3.8, 4) is 35.2 Å². The average molecular weight is 585 g/mol. The third kappa shape index (κ3) is 4.83. The van der Waals surface area contributed by atoms with Gasteiger partial charge in [0, 0.05) is 48.0 Å². The maximum absolute atomic E-state index is 16.7. The molecule has 0 bridgehead atoms. The van der Waals surface area contributed by atoms with Crippen LogP contribution in [0.5, 0.6) is 11.8 Å². The third-order valence-corrected chi connectivity index (χ3v) is 9.38. The summed E-state index contributed by atoms with van der Waals surface area (Å²) < 4.78 is 37.4. The number of aromatic hydroxyl groups is 1. The zero-order valence-electron chi connectivity index (χ0n) is 24.1. The van der Waals surface area contributed by atoms with Gasteiger partial charge in [0.1, 0.15) is 29.9 Å². The van der Waals surface area contributed by atoms with Crippen molar-refractivity contribution in [3.63, 3.8) is 0 Å². The van der Waals surface area contributed by atoms with Crippen LogP contribution in [0.4, 0.5) is 14.6 Å². The molecule has 1 aromatic heterocycles. The number of hydrogen-bond acceptors (Lipinski definition) is 7. The molecule has 4 heterocycles. The molecule has 0 saturated carbocycles. The second-order valence-corrected chi connectivity index (χ2v) is 12.6. The van der Waals surface area contributed by atoms with Crippen molar-refractivity contribution in [3.05, 3.63) is 53.8 Å². The summed E-state index contributed by atoms with van der Waals surface area (Å²) in [6.45, 7) is 4.18. The molecule has 4 aromatic rings. The van der Waals surface area contributed by atoms with Gasteiger partial charge in [-0.05, 0) is 74.4 Å². The first kappa shape index (κ1) is 27.8. The van der Waals surface area contributed by atoms with Gasteiger partial charge >= 0.3 is 6.01 Å². The molecule has 0 radical (unpaired) electrons. The van der Waals surface area contributed by atoms with Gasteiger partial charge in [0.15, 0.2) is 5.82 Å². The van der Waals surface area contributed by atoms with Gasteiger partial charge in [-0.3, -0.25) is 4.90 Å². The number of alkyl halides is 1. The molecule has 3 fully saturated rings. The van der Waals surface area contributed by atoms with Crippen LogP contribution in [-0.4, -0.2) is 75.2 Å². The molecule has 222 valence electrons. The van der Waals surface area contributed by atoms with Crippen molar-refractivity contribution in [2.45, 2.75) is 56.3 Å². The number of anilines is 1. The highest BCUT2D eigenvalue weighted by molar-refractivity contribution is 6.04. The van der Waals surface area contributed by atoms with Crippen molar-refractivity contribution in [1.82, 2.24) is 14.9 Å². The van der Waals surface area contributed by atoms with Gasteiger partial charge in [-0.25, -0.2) is 8.78 Å². The minimum Gasteiger partial charge on any atom is -0.508 e. The Balaban J connectivity index is 1.38. The van der Waals surface area contributed by atoms with Crippen LogP contribution in [0.15, 0.2) is 42.5 Å². The number of rotatable bonds is 5. The number of ether oxygens (including phenoxy) is 1. The van der Waals surface area contributed by atoms with Crippen LogP contribution in [0.2, 0.25) is 0 Å². The van der Waals surface area contributed by atoms with E-state index in [1.807, 2.05) is 11.0 Å². The summed E-state index contributed by atoms with van der Waals surface area (Å²) in [6.07, 6.45) is 8.49. The Hall–Kier alpha value is -4.00. The van der Waals surface area contributed by atoms with Gasteiger partial charge in [-0.1, -0.05) is 24.1 Å². The highest BCUT2D eigenvalue weighted by Crippen LogP contribution is 2.42. The number of piperidine rings is 1. The number of terminal acetylenes is 1. The van der Waals surface area contributed by atoms with Crippen LogP contribution in [0, 0.1) is 18.2 Å². The highest BCUT2D eigenvalue weighted by atomic mass is 19.1. The monoisotopic (exact) mass is 584 g/mol. The number of nitrogens with zero attached hydrogens (tertiary/aromatic N) is 4. The molecular formula is C34H34F2N4O3. The number of benzene rings is 3. The van der Waals surface area contributed by atoms with Gasteiger partial charge in [-0.2, -0.15) is 9.97 Å². The molecule has 7 nitrogen and oxygen atoms in total. The predicted molar refractivity (Wildman–Crippen MR) is 163 cm³/mol. The lowest BCUT2D eigenvalue weighted by Crippen LogP contribution is -2.46. The Morgan fingerprint density at radius 2 is 1.95 bits per heavy atom. The van der Waals surface area contributed by atoms with Gasteiger partial charge in [0.25, 0.3) is 0 Å². The second kappa shape index (κ2) is 10.3. The Bertz CT molecular complexity index is 1790. The van der Waals surface area contributed by atoms with E-state index >= 15 is 4.39 Å². The molecule has 43 heavy (non-hydrogen) atoms. The Morgan fingerprint density at radius 1 is 1.12 bits per heavy atom. The second-order valence-electron chi connectivity index (χ2n) is 12.6. The molecule has 0 spiro atoms. The smallest absolute Gasteiger partial charge is 0.319 e. The molecule has 3 aromatic carbocycles. The van der Waals surface area contributed by atoms with Crippen molar-refractivity contribution < 1.29 is 23.7 Å². The van der Waals surface area contributed by atoms with Crippen molar-refractivity contribution in [2.75, 3.05) is 37.7 Å². The lowest BCUT2D eigenvalue weighted by molar-refractivity contribution is 0.0447. The van der Waals surface area contributed by atoms with E-state index in [0.29, 0.717) is 65.6 Å². The lowest BCUT2D eigenvalue weighted by atomic mass is 9.93.